The monoisotopic (exact) mass is 276 g/mol. The SMILES string of the molecule is OCC(CO)(CO)C(OC1CCCO1)C1CCCO1. The fraction of sp³-hybridized carbons (Fsp3) is 1.00. The van der Waals surface area contributed by atoms with E-state index in [1.807, 2.05) is 0 Å². The first-order valence-electron chi connectivity index (χ1n) is 6.97. The molecule has 6 nitrogen and oxygen atoms in total. The van der Waals surface area contributed by atoms with Crippen LogP contribution >= 0.6 is 0 Å². The molecule has 2 aliphatic heterocycles. The molecule has 0 radical (unpaired) electrons. The highest BCUT2D eigenvalue weighted by molar-refractivity contribution is 4.93. The van der Waals surface area contributed by atoms with Gasteiger partial charge >= 0.3 is 0 Å². The maximum atomic E-state index is 9.58. The van der Waals surface area contributed by atoms with Crippen molar-refractivity contribution in [3.8, 4) is 0 Å². The van der Waals surface area contributed by atoms with Crippen molar-refractivity contribution in [3.63, 3.8) is 0 Å². The predicted octanol–water partition coefficient (Wildman–Crippen LogP) is -0.350. The minimum atomic E-state index is -1.10. The van der Waals surface area contributed by atoms with Gasteiger partial charge in [0.15, 0.2) is 6.29 Å². The zero-order valence-electron chi connectivity index (χ0n) is 11.2. The second kappa shape index (κ2) is 6.97. The van der Waals surface area contributed by atoms with Crippen molar-refractivity contribution in [3.05, 3.63) is 0 Å². The number of rotatable bonds is 7. The molecule has 19 heavy (non-hydrogen) atoms. The third kappa shape index (κ3) is 3.26. The Kier molecular flexibility index (Phi) is 5.56. The normalized spacial score (nSPS) is 29.8. The summed E-state index contributed by atoms with van der Waals surface area (Å²) in [5.74, 6) is 0. The Morgan fingerprint density at radius 2 is 1.63 bits per heavy atom. The Morgan fingerprint density at radius 3 is 2.11 bits per heavy atom. The van der Waals surface area contributed by atoms with E-state index in [9.17, 15) is 15.3 Å². The summed E-state index contributed by atoms with van der Waals surface area (Å²) >= 11 is 0. The van der Waals surface area contributed by atoms with Crippen LogP contribution in [0.15, 0.2) is 0 Å². The second-order valence-electron chi connectivity index (χ2n) is 5.39. The van der Waals surface area contributed by atoms with Crippen LogP contribution in [-0.2, 0) is 14.2 Å². The minimum Gasteiger partial charge on any atom is -0.396 e. The van der Waals surface area contributed by atoms with E-state index >= 15 is 0 Å². The van der Waals surface area contributed by atoms with Gasteiger partial charge in [-0.25, -0.2) is 0 Å². The van der Waals surface area contributed by atoms with E-state index in [1.165, 1.54) is 0 Å². The van der Waals surface area contributed by atoms with Crippen molar-refractivity contribution < 1.29 is 29.5 Å². The molecule has 2 fully saturated rings. The maximum Gasteiger partial charge on any atom is 0.158 e. The zero-order valence-corrected chi connectivity index (χ0v) is 11.2. The van der Waals surface area contributed by atoms with Crippen molar-refractivity contribution >= 4 is 0 Å². The fourth-order valence-electron chi connectivity index (χ4n) is 2.71. The molecule has 0 aromatic carbocycles. The molecular formula is C13H24O6. The molecule has 6 heteroatoms. The average molecular weight is 276 g/mol. The molecule has 0 aromatic rings. The summed E-state index contributed by atoms with van der Waals surface area (Å²) in [5.41, 5.74) is -1.10. The molecule has 0 amide bonds. The second-order valence-corrected chi connectivity index (χ2v) is 5.39. The van der Waals surface area contributed by atoms with E-state index in [1.54, 1.807) is 0 Å². The molecule has 2 saturated heterocycles. The molecule has 2 aliphatic rings. The number of aliphatic hydroxyl groups is 3. The van der Waals surface area contributed by atoms with Gasteiger partial charge in [-0.15, -0.1) is 0 Å². The van der Waals surface area contributed by atoms with Crippen LogP contribution < -0.4 is 0 Å². The third-order valence-electron chi connectivity index (χ3n) is 4.04. The lowest BCUT2D eigenvalue weighted by Crippen LogP contribution is -2.53. The average Bonchev–Trinajstić information content (AvgIpc) is 3.13. The quantitative estimate of drug-likeness (QED) is 0.589. The molecule has 0 aliphatic carbocycles. The molecule has 2 heterocycles. The molecular weight excluding hydrogens is 252 g/mol. The number of hydrogen-bond donors (Lipinski definition) is 3. The lowest BCUT2D eigenvalue weighted by molar-refractivity contribution is -0.227. The van der Waals surface area contributed by atoms with Crippen molar-refractivity contribution in [1.82, 2.24) is 0 Å². The van der Waals surface area contributed by atoms with Gasteiger partial charge in [0.05, 0.1) is 37.4 Å². The lowest BCUT2D eigenvalue weighted by Gasteiger charge is -2.40. The highest BCUT2D eigenvalue weighted by atomic mass is 16.7. The highest BCUT2D eigenvalue weighted by Gasteiger charge is 2.46. The van der Waals surface area contributed by atoms with Crippen LogP contribution in [0.3, 0.4) is 0 Å². The van der Waals surface area contributed by atoms with Crippen LogP contribution in [-0.4, -0.2) is 66.9 Å². The Balaban J connectivity index is 2.11. The van der Waals surface area contributed by atoms with Crippen LogP contribution in [0.5, 0.6) is 0 Å². The van der Waals surface area contributed by atoms with Gasteiger partial charge in [-0.2, -0.15) is 0 Å². The van der Waals surface area contributed by atoms with Gasteiger partial charge in [0, 0.05) is 19.6 Å². The van der Waals surface area contributed by atoms with Crippen molar-refractivity contribution in [2.24, 2.45) is 5.41 Å². The van der Waals surface area contributed by atoms with Gasteiger partial charge in [-0.3, -0.25) is 0 Å². The zero-order chi connectivity index (χ0) is 13.7. The molecule has 0 spiro atoms. The van der Waals surface area contributed by atoms with Crippen LogP contribution in [0, 0.1) is 5.41 Å². The van der Waals surface area contributed by atoms with Gasteiger partial charge in [0.25, 0.3) is 0 Å². The smallest absolute Gasteiger partial charge is 0.158 e. The number of aliphatic hydroxyl groups excluding tert-OH is 3. The molecule has 112 valence electrons. The first kappa shape index (κ1) is 15.2. The topological polar surface area (TPSA) is 88.4 Å². The number of hydrogen-bond acceptors (Lipinski definition) is 6. The predicted molar refractivity (Wildman–Crippen MR) is 66.5 cm³/mol. The van der Waals surface area contributed by atoms with Gasteiger partial charge < -0.3 is 29.5 Å². The fourth-order valence-corrected chi connectivity index (χ4v) is 2.71. The highest BCUT2D eigenvalue weighted by Crippen LogP contribution is 2.34. The minimum absolute atomic E-state index is 0.212. The van der Waals surface area contributed by atoms with E-state index in [4.69, 9.17) is 14.2 Å². The van der Waals surface area contributed by atoms with E-state index in [0.29, 0.717) is 13.2 Å². The molecule has 2 rings (SSSR count). The molecule has 3 atom stereocenters. The van der Waals surface area contributed by atoms with E-state index in [-0.39, 0.29) is 32.2 Å². The third-order valence-corrected chi connectivity index (χ3v) is 4.04. The Labute approximate surface area is 113 Å². The summed E-state index contributed by atoms with van der Waals surface area (Å²) in [7, 11) is 0. The summed E-state index contributed by atoms with van der Waals surface area (Å²) in [6, 6.07) is 0. The van der Waals surface area contributed by atoms with Crippen LogP contribution in [0.4, 0.5) is 0 Å². The van der Waals surface area contributed by atoms with Gasteiger partial charge in [-0.1, -0.05) is 0 Å². The summed E-state index contributed by atoms with van der Waals surface area (Å²) in [6.07, 6.45) is 2.36. The van der Waals surface area contributed by atoms with Crippen LogP contribution in [0.25, 0.3) is 0 Å². The molecule has 3 N–H and O–H groups in total. The van der Waals surface area contributed by atoms with Gasteiger partial charge in [-0.05, 0) is 19.3 Å². The largest absolute Gasteiger partial charge is 0.396 e. The molecule has 0 aromatic heterocycles. The molecule has 0 bridgehead atoms. The first-order valence-corrected chi connectivity index (χ1v) is 6.97. The number of ether oxygens (including phenoxy) is 3. The van der Waals surface area contributed by atoms with Crippen LogP contribution in [0.2, 0.25) is 0 Å². The Morgan fingerprint density at radius 1 is 1.00 bits per heavy atom. The van der Waals surface area contributed by atoms with Crippen molar-refractivity contribution in [2.45, 2.75) is 44.2 Å². The Bertz CT molecular complexity index is 248. The standard InChI is InChI=1S/C13H24O6/c14-7-13(8-15,9-16)12(10-3-1-5-17-10)19-11-4-2-6-18-11/h10-12,14-16H,1-9H2. The molecule has 3 unspecified atom stereocenters. The van der Waals surface area contributed by atoms with E-state index in [2.05, 4.69) is 0 Å². The lowest BCUT2D eigenvalue weighted by atomic mass is 9.80. The van der Waals surface area contributed by atoms with Gasteiger partial charge in [0.2, 0.25) is 0 Å². The summed E-state index contributed by atoms with van der Waals surface area (Å²) < 4.78 is 17.0. The first-order chi connectivity index (χ1) is 9.25. The Hall–Kier alpha value is -0.240. The van der Waals surface area contributed by atoms with Crippen molar-refractivity contribution in [1.29, 1.82) is 0 Å². The van der Waals surface area contributed by atoms with Crippen LogP contribution in [0.1, 0.15) is 25.7 Å². The van der Waals surface area contributed by atoms with E-state index in [0.717, 1.165) is 25.7 Å². The van der Waals surface area contributed by atoms with Crippen molar-refractivity contribution in [2.75, 3.05) is 33.0 Å². The maximum absolute atomic E-state index is 9.58. The summed E-state index contributed by atoms with van der Waals surface area (Å²) in [4.78, 5) is 0. The van der Waals surface area contributed by atoms with Gasteiger partial charge in [0.1, 0.15) is 0 Å². The summed E-state index contributed by atoms with van der Waals surface area (Å²) in [6.45, 7) is 0.257. The molecule has 0 saturated carbocycles. The van der Waals surface area contributed by atoms with E-state index < -0.39 is 11.5 Å². The summed E-state index contributed by atoms with van der Waals surface area (Å²) in [5, 5.41) is 28.8.